The molecule has 0 aromatic rings. The molecule has 1 amide bonds. The van der Waals surface area contributed by atoms with Crippen LogP contribution in [-0.2, 0) is 4.79 Å². The van der Waals surface area contributed by atoms with Crippen LogP contribution in [0.15, 0.2) is 35.5 Å². The summed E-state index contributed by atoms with van der Waals surface area (Å²) in [5.74, 6) is 0.522. The first kappa shape index (κ1) is 11.8. The molecule has 1 rings (SSSR count). The highest BCUT2D eigenvalue weighted by Gasteiger charge is 2.23. The molecule has 0 aromatic carbocycles. The maximum Gasteiger partial charge on any atom is 0.253 e. The van der Waals surface area contributed by atoms with Crippen molar-refractivity contribution < 1.29 is 4.79 Å². The fourth-order valence-electron chi connectivity index (χ4n) is 1.71. The number of rotatable bonds is 3. The Morgan fingerprint density at radius 3 is 2.47 bits per heavy atom. The van der Waals surface area contributed by atoms with Crippen LogP contribution >= 0.6 is 0 Å². The van der Waals surface area contributed by atoms with Crippen molar-refractivity contribution in [1.82, 2.24) is 4.90 Å². The molecule has 2 nitrogen and oxygen atoms in total. The molecule has 15 heavy (non-hydrogen) atoms. The number of hydrogen-bond acceptors (Lipinski definition) is 1. The third kappa shape index (κ3) is 2.38. The first-order valence-electron chi connectivity index (χ1n) is 5.26. The zero-order chi connectivity index (χ0) is 11.6. The second-order valence-electron chi connectivity index (χ2n) is 4.36. The lowest BCUT2D eigenvalue weighted by atomic mass is 9.99. The van der Waals surface area contributed by atoms with Gasteiger partial charge in [0, 0.05) is 19.2 Å². The van der Waals surface area contributed by atoms with Crippen molar-refractivity contribution in [2.24, 2.45) is 5.92 Å². The smallest absolute Gasteiger partial charge is 0.253 e. The van der Waals surface area contributed by atoms with Gasteiger partial charge in [-0.15, -0.1) is 0 Å². The summed E-state index contributed by atoms with van der Waals surface area (Å²) in [7, 11) is 1.83. The molecular weight excluding hydrogens is 186 g/mol. The lowest BCUT2D eigenvalue weighted by Crippen LogP contribution is -2.21. The van der Waals surface area contributed by atoms with Gasteiger partial charge in [-0.2, -0.15) is 0 Å². The standard InChI is InChI=1S/C13H19NO/c1-6-11(9(2)3)7-12-10(4)8-14(5)13(12)15/h6-7,9H,1,8H2,2-5H3/b11-7+. The molecule has 0 bridgehead atoms. The van der Waals surface area contributed by atoms with Crippen LogP contribution in [0.3, 0.4) is 0 Å². The molecule has 0 saturated carbocycles. The Balaban J connectivity index is 3.04. The molecule has 0 spiro atoms. The maximum absolute atomic E-state index is 11.8. The van der Waals surface area contributed by atoms with E-state index in [9.17, 15) is 4.79 Å². The first-order valence-corrected chi connectivity index (χ1v) is 5.26. The molecule has 0 saturated heterocycles. The molecule has 0 radical (unpaired) electrons. The van der Waals surface area contributed by atoms with Crippen LogP contribution in [0, 0.1) is 5.92 Å². The Morgan fingerprint density at radius 2 is 2.13 bits per heavy atom. The monoisotopic (exact) mass is 205 g/mol. The van der Waals surface area contributed by atoms with Crippen LogP contribution < -0.4 is 0 Å². The summed E-state index contributed by atoms with van der Waals surface area (Å²) in [5, 5.41) is 0. The molecule has 0 unspecified atom stereocenters. The number of hydrogen-bond donors (Lipinski definition) is 0. The second-order valence-corrected chi connectivity index (χ2v) is 4.36. The molecule has 82 valence electrons. The Hall–Kier alpha value is -1.31. The van der Waals surface area contributed by atoms with Gasteiger partial charge in [0.15, 0.2) is 0 Å². The van der Waals surface area contributed by atoms with Crippen molar-refractivity contribution in [1.29, 1.82) is 0 Å². The van der Waals surface area contributed by atoms with Crippen molar-refractivity contribution in [2.45, 2.75) is 20.8 Å². The fraction of sp³-hybridized carbons (Fsp3) is 0.462. The number of carbonyl (C=O) groups is 1. The first-order chi connectivity index (χ1) is 6.97. The molecule has 0 atom stereocenters. The van der Waals surface area contributed by atoms with E-state index in [0.717, 1.165) is 23.3 Å². The van der Waals surface area contributed by atoms with Gasteiger partial charge in [-0.3, -0.25) is 4.79 Å². The largest absolute Gasteiger partial charge is 0.338 e. The number of carbonyl (C=O) groups excluding carboxylic acids is 1. The summed E-state index contributed by atoms with van der Waals surface area (Å²) in [4.78, 5) is 13.5. The van der Waals surface area contributed by atoms with Crippen molar-refractivity contribution in [3.8, 4) is 0 Å². The third-order valence-electron chi connectivity index (χ3n) is 2.72. The number of nitrogens with zero attached hydrogens (tertiary/aromatic N) is 1. The topological polar surface area (TPSA) is 20.3 Å². The van der Waals surface area contributed by atoms with Gasteiger partial charge in [-0.25, -0.2) is 0 Å². The summed E-state index contributed by atoms with van der Waals surface area (Å²) in [6.45, 7) is 10.7. The van der Waals surface area contributed by atoms with Gasteiger partial charge in [0.25, 0.3) is 5.91 Å². The van der Waals surface area contributed by atoms with Crippen LogP contribution in [0.1, 0.15) is 20.8 Å². The van der Waals surface area contributed by atoms with Crippen LogP contribution in [0.25, 0.3) is 0 Å². The number of amides is 1. The molecule has 0 fully saturated rings. The normalized spacial score (nSPS) is 18.1. The highest BCUT2D eigenvalue weighted by atomic mass is 16.2. The van der Waals surface area contributed by atoms with Gasteiger partial charge in [-0.05, 0) is 30.1 Å². The molecule has 2 heteroatoms. The predicted molar refractivity (Wildman–Crippen MR) is 63.5 cm³/mol. The Bertz CT molecular complexity index is 348. The van der Waals surface area contributed by atoms with Crippen LogP contribution in [0.5, 0.6) is 0 Å². The van der Waals surface area contributed by atoms with Crippen LogP contribution in [0.2, 0.25) is 0 Å². The summed E-state index contributed by atoms with van der Waals surface area (Å²) in [5.41, 5.74) is 3.09. The van der Waals surface area contributed by atoms with E-state index < -0.39 is 0 Å². The number of allylic oxidation sites excluding steroid dienone is 2. The highest BCUT2D eigenvalue weighted by molar-refractivity contribution is 5.99. The van der Waals surface area contributed by atoms with Gasteiger partial charge < -0.3 is 4.90 Å². The zero-order valence-corrected chi connectivity index (χ0v) is 10.0. The van der Waals surface area contributed by atoms with Crippen LogP contribution in [-0.4, -0.2) is 24.4 Å². The van der Waals surface area contributed by atoms with Gasteiger partial charge in [-0.1, -0.05) is 26.5 Å². The SMILES string of the molecule is C=C/C(=C\C1=C(C)CN(C)C1=O)C(C)C. The predicted octanol–water partition coefficient (Wildman–Crippen LogP) is 2.54. The molecular formula is C13H19NO. The average Bonchev–Trinajstić information content (AvgIpc) is 2.39. The Morgan fingerprint density at radius 1 is 1.53 bits per heavy atom. The summed E-state index contributed by atoms with van der Waals surface area (Å²) in [6, 6.07) is 0. The Labute approximate surface area is 92.0 Å². The Kier molecular flexibility index (Phi) is 3.51. The van der Waals surface area contributed by atoms with Crippen molar-refractivity contribution >= 4 is 5.91 Å². The van der Waals surface area contributed by atoms with Gasteiger partial charge in [0.05, 0.1) is 0 Å². The van der Waals surface area contributed by atoms with E-state index in [-0.39, 0.29) is 5.91 Å². The van der Waals surface area contributed by atoms with Crippen molar-refractivity contribution in [3.63, 3.8) is 0 Å². The fourth-order valence-corrected chi connectivity index (χ4v) is 1.71. The third-order valence-corrected chi connectivity index (χ3v) is 2.72. The van der Waals surface area contributed by atoms with E-state index in [4.69, 9.17) is 0 Å². The van der Waals surface area contributed by atoms with Crippen molar-refractivity contribution in [3.05, 3.63) is 35.5 Å². The zero-order valence-electron chi connectivity index (χ0n) is 10.0. The van der Waals surface area contributed by atoms with E-state index >= 15 is 0 Å². The maximum atomic E-state index is 11.8. The molecule has 1 aliphatic heterocycles. The highest BCUT2D eigenvalue weighted by Crippen LogP contribution is 2.22. The molecule has 0 aromatic heterocycles. The summed E-state index contributed by atoms with van der Waals surface area (Å²) >= 11 is 0. The quantitative estimate of drug-likeness (QED) is 0.648. The van der Waals surface area contributed by atoms with Gasteiger partial charge >= 0.3 is 0 Å². The lowest BCUT2D eigenvalue weighted by molar-refractivity contribution is -0.124. The minimum atomic E-state index is 0.118. The molecule has 1 heterocycles. The number of likely N-dealkylation sites (N-methyl/N-ethyl adjacent to an activating group) is 1. The van der Waals surface area contributed by atoms with Gasteiger partial charge in [0.1, 0.15) is 0 Å². The molecule has 1 aliphatic rings. The second kappa shape index (κ2) is 4.47. The molecule has 0 aliphatic carbocycles. The van der Waals surface area contributed by atoms with E-state index in [2.05, 4.69) is 20.4 Å². The van der Waals surface area contributed by atoms with Crippen LogP contribution in [0.4, 0.5) is 0 Å². The minimum absolute atomic E-state index is 0.118. The summed E-state index contributed by atoms with van der Waals surface area (Å²) in [6.07, 6.45) is 3.80. The summed E-state index contributed by atoms with van der Waals surface area (Å²) < 4.78 is 0. The average molecular weight is 205 g/mol. The minimum Gasteiger partial charge on any atom is -0.338 e. The van der Waals surface area contributed by atoms with E-state index in [1.165, 1.54) is 0 Å². The van der Waals surface area contributed by atoms with E-state index in [0.29, 0.717) is 5.92 Å². The van der Waals surface area contributed by atoms with E-state index in [1.807, 2.05) is 26.1 Å². The lowest BCUT2D eigenvalue weighted by Gasteiger charge is -2.08. The molecule has 0 N–H and O–H groups in total. The van der Waals surface area contributed by atoms with Gasteiger partial charge in [0.2, 0.25) is 0 Å². The van der Waals surface area contributed by atoms with Crippen molar-refractivity contribution in [2.75, 3.05) is 13.6 Å². The van der Waals surface area contributed by atoms with E-state index in [1.54, 1.807) is 4.90 Å².